The van der Waals surface area contributed by atoms with Crippen LogP contribution in [0.1, 0.15) is 24.5 Å². The Hall–Kier alpha value is -2.30. The van der Waals surface area contributed by atoms with E-state index in [2.05, 4.69) is 10.3 Å². The Morgan fingerprint density at radius 1 is 1.14 bits per heavy atom. The molecular weight excluding hydrogens is 266 g/mol. The fourth-order valence-corrected chi connectivity index (χ4v) is 2.37. The lowest BCUT2D eigenvalue weighted by atomic mass is 10.1. The minimum Gasteiger partial charge on any atom is -0.493 e. The highest BCUT2D eigenvalue weighted by Gasteiger charge is 2.27. The Bertz CT molecular complexity index is 654. The number of para-hydroxylation sites is 1. The van der Waals surface area contributed by atoms with Gasteiger partial charge in [0.25, 0.3) is 0 Å². The lowest BCUT2D eigenvalue weighted by Crippen LogP contribution is -2.02. The van der Waals surface area contributed by atoms with E-state index in [1.54, 1.807) is 14.2 Å². The average Bonchev–Trinajstić information content (AvgIpc) is 3.38. The number of rotatable bonds is 5. The van der Waals surface area contributed by atoms with E-state index in [9.17, 15) is 0 Å². The summed E-state index contributed by atoms with van der Waals surface area (Å²) < 4.78 is 10.8. The zero-order chi connectivity index (χ0) is 14.8. The molecule has 5 nitrogen and oxygen atoms in total. The Labute approximate surface area is 124 Å². The van der Waals surface area contributed by atoms with Crippen molar-refractivity contribution in [1.82, 2.24) is 9.97 Å². The molecule has 5 heteroatoms. The number of hydrogen-bond acceptors (Lipinski definition) is 5. The van der Waals surface area contributed by atoms with Crippen LogP contribution in [-0.2, 0) is 0 Å². The molecule has 1 N–H and O–H groups in total. The molecule has 1 heterocycles. The Kier molecular flexibility index (Phi) is 3.64. The first-order chi connectivity index (χ1) is 10.3. The van der Waals surface area contributed by atoms with E-state index >= 15 is 0 Å². The zero-order valence-corrected chi connectivity index (χ0v) is 12.5. The molecular formula is C16H19N3O2. The molecule has 1 saturated carbocycles. The first-order valence-corrected chi connectivity index (χ1v) is 7.05. The number of ether oxygens (including phenoxy) is 2. The summed E-state index contributed by atoms with van der Waals surface area (Å²) >= 11 is 0. The molecule has 1 fully saturated rings. The molecule has 1 aliphatic carbocycles. The summed E-state index contributed by atoms with van der Waals surface area (Å²) in [6.07, 6.45) is 2.41. The van der Waals surface area contributed by atoms with Crippen LogP contribution in [0.4, 0.5) is 5.82 Å². The Morgan fingerprint density at radius 3 is 2.57 bits per heavy atom. The third kappa shape index (κ3) is 2.63. The van der Waals surface area contributed by atoms with Crippen molar-refractivity contribution in [3.63, 3.8) is 0 Å². The summed E-state index contributed by atoms with van der Waals surface area (Å²) in [6, 6.07) is 7.76. The number of nitrogens with zero attached hydrogens (tertiary/aromatic N) is 2. The van der Waals surface area contributed by atoms with E-state index in [1.807, 2.05) is 31.3 Å². The molecule has 0 atom stereocenters. The molecule has 0 unspecified atom stereocenters. The molecule has 1 aliphatic rings. The van der Waals surface area contributed by atoms with Crippen LogP contribution in [0.2, 0.25) is 0 Å². The van der Waals surface area contributed by atoms with E-state index in [-0.39, 0.29) is 0 Å². The first-order valence-electron chi connectivity index (χ1n) is 7.05. The molecule has 1 aromatic heterocycles. The number of nitrogens with one attached hydrogen (secondary N) is 1. The van der Waals surface area contributed by atoms with Gasteiger partial charge in [0.2, 0.25) is 0 Å². The highest BCUT2D eigenvalue weighted by Crippen LogP contribution is 2.41. The summed E-state index contributed by atoms with van der Waals surface area (Å²) in [5, 5.41) is 3.10. The maximum atomic E-state index is 5.49. The third-order valence-electron chi connectivity index (χ3n) is 3.64. The molecule has 1 aromatic carbocycles. The Morgan fingerprint density at radius 2 is 1.95 bits per heavy atom. The van der Waals surface area contributed by atoms with E-state index in [4.69, 9.17) is 14.5 Å². The van der Waals surface area contributed by atoms with Gasteiger partial charge in [-0.05, 0) is 25.0 Å². The molecule has 0 spiro atoms. The molecule has 21 heavy (non-hydrogen) atoms. The van der Waals surface area contributed by atoms with Crippen molar-refractivity contribution in [3.05, 3.63) is 30.0 Å². The zero-order valence-electron chi connectivity index (χ0n) is 12.5. The number of hydrogen-bond donors (Lipinski definition) is 1. The largest absolute Gasteiger partial charge is 0.493 e. The number of methoxy groups -OCH3 is 2. The van der Waals surface area contributed by atoms with Crippen LogP contribution < -0.4 is 14.8 Å². The van der Waals surface area contributed by atoms with Crippen molar-refractivity contribution >= 4 is 5.82 Å². The van der Waals surface area contributed by atoms with E-state index in [0.29, 0.717) is 23.2 Å². The quantitative estimate of drug-likeness (QED) is 0.915. The van der Waals surface area contributed by atoms with Crippen LogP contribution in [0.5, 0.6) is 11.5 Å². The maximum absolute atomic E-state index is 5.49. The van der Waals surface area contributed by atoms with Crippen molar-refractivity contribution in [3.8, 4) is 22.9 Å². The molecule has 110 valence electrons. The van der Waals surface area contributed by atoms with Crippen LogP contribution in [0.25, 0.3) is 11.4 Å². The summed E-state index contributed by atoms with van der Waals surface area (Å²) in [4.78, 5) is 9.27. The highest BCUT2D eigenvalue weighted by molar-refractivity contribution is 5.69. The van der Waals surface area contributed by atoms with Crippen LogP contribution >= 0.6 is 0 Å². The molecule has 0 aliphatic heterocycles. The van der Waals surface area contributed by atoms with Gasteiger partial charge < -0.3 is 14.8 Å². The van der Waals surface area contributed by atoms with E-state index in [0.717, 1.165) is 17.1 Å². The summed E-state index contributed by atoms with van der Waals surface area (Å²) in [5.74, 6) is 3.40. The maximum Gasteiger partial charge on any atom is 0.171 e. The fraction of sp³-hybridized carbons (Fsp3) is 0.375. The van der Waals surface area contributed by atoms with Crippen molar-refractivity contribution in [2.24, 2.45) is 0 Å². The van der Waals surface area contributed by atoms with Crippen LogP contribution in [0.15, 0.2) is 24.3 Å². The van der Waals surface area contributed by atoms with Gasteiger partial charge in [0.1, 0.15) is 5.82 Å². The number of benzene rings is 1. The second-order valence-corrected chi connectivity index (χ2v) is 5.07. The lowest BCUT2D eigenvalue weighted by Gasteiger charge is -2.13. The Balaban J connectivity index is 2.13. The van der Waals surface area contributed by atoms with Gasteiger partial charge in [0, 0.05) is 24.7 Å². The molecule has 0 bridgehead atoms. The molecule has 3 rings (SSSR count). The van der Waals surface area contributed by atoms with Gasteiger partial charge in [0.05, 0.1) is 19.8 Å². The molecule has 2 aromatic rings. The number of aromatic nitrogens is 2. The second-order valence-electron chi connectivity index (χ2n) is 5.07. The highest BCUT2D eigenvalue weighted by atomic mass is 16.5. The van der Waals surface area contributed by atoms with Gasteiger partial charge >= 0.3 is 0 Å². The minimum absolute atomic E-state index is 0.565. The van der Waals surface area contributed by atoms with Crippen LogP contribution in [0.3, 0.4) is 0 Å². The van der Waals surface area contributed by atoms with Crippen molar-refractivity contribution in [1.29, 1.82) is 0 Å². The normalized spacial score (nSPS) is 13.9. The van der Waals surface area contributed by atoms with E-state index < -0.39 is 0 Å². The second kappa shape index (κ2) is 5.60. The topological polar surface area (TPSA) is 56.3 Å². The predicted molar refractivity (Wildman–Crippen MR) is 82.1 cm³/mol. The van der Waals surface area contributed by atoms with E-state index in [1.165, 1.54) is 12.8 Å². The van der Waals surface area contributed by atoms with Crippen LogP contribution in [0, 0.1) is 0 Å². The summed E-state index contributed by atoms with van der Waals surface area (Å²) in [5.41, 5.74) is 1.94. The molecule has 0 saturated heterocycles. The average molecular weight is 285 g/mol. The van der Waals surface area contributed by atoms with Gasteiger partial charge in [-0.1, -0.05) is 6.07 Å². The molecule has 0 radical (unpaired) electrons. The fourth-order valence-electron chi connectivity index (χ4n) is 2.37. The monoisotopic (exact) mass is 285 g/mol. The van der Waals surface area contributed by atoms with Gasteiger partial charge in [-0.3, -0.25) is 0 Å². The third-order valence-corrected chi connectivity index (χ3v) is 3.64. The van der Waals surface area contributed by atoms with Crippen molar-refractivity contribution in [2.75, 3.05) is 26.6 Å². The lowest BCUT2D eigenvalue weighted by molar-refractivity contribution is 0.356. The SMILES string of the molecule is CNc1cc(C2CC2)nc(-c2cccc(OC)c2OC)n1. The molecule has 0 amide bonds. The van der Waals surface area contributed by atoms with Gasteiger partial charge in [-0.2, -0.15) is 0 Å². The minimum atomic E-state index is 0.565. The standard InChI is InChI=1S/C16H19N3O2/c1-17-14-9-12(10-7-8-10)18-16(19-14)11-5-4-6-13(20-2)15(11)21-3/h4-6,9-10H,7-8H2,1-3H3,(H,17,18,19). The first kappa shape index (κ1) is 13.7. The van der Waals surface area contributed by atoms with Crippen LogP contribution in [-0.4, -0.2) is 31.2 Å². The summed E-state index contributed by atoms with van der Waals surface area (Å²) in [7, 11) is 5.12. The predicted octanol–water partition coefficient (Wildman–Crippen LogP) is 3.08. The van der Waals surface area contributed by atoms with Crippen molar-refractivity contribution < 1.29 is 9.47 Å². The number of anilines is 1. The van der Waals surface area contributed by atoms with Gasteiger partial charge in [-0.15, -0.1) is 0 Å². The van der Waals surface area contributed by atoms with Crippen molar-refractivity contribution in [2.45, 2.75) is 18.8 Å². The smallest absolute Gasteiger partial charge is 0.171 e. The summed E-state index contributed by atoms with van der Waals surface area (Å²) in [6.45, 7) is 0. The van der Waals surface area contributed by atoms with Gasteiger partial charge in [-0.25, -0.2) is 9.97 Å². The van der Waals surface area contributed by atoms with Gasteiger partial charge in [0.15, 0.2) is 17.3 Å².